The van der Waals surface area contributed by atoms with E-state index >= 15 is 0 Å². The number of carbonyl (C=O) groups is 1. The fraction of sp³-hybridized carbons (Fsp3) is 0.346. The molecule has 1 aliphatic heterocycles. The van der Waals surface area contributed by atoms with E-state index in [4.69, 9.17) is 4.74 Å². The van der Waals surface area contributed by atoms with Gasteiger partial charge < -0.3 is 15.0 Å². The van der Waals surface area contributed by atoms with Crippen molar-refractivity contribution in [3.63, 3.8) is 0 Å². The van der Waals surface area contributed by atoms with Crippen molar-refractivity contribution < 1.29 is 9.53 Å². The van der Waals surface area contributed by atoms with Crippen LogP contribution in [0.5, 0.6) is 5.75 Å². The highest BCUT2D eigenvalue weighted by atomic mass is 16.5. The molecule has 7 nitrogen and oxygen atoms in total. The van der Waals surface area contributed by atoms with E-state index in [1.165, 1.54) is 4.68 Å². The lowest BCUT2D eigenvalue weighted by Crippen LogP contribution is -2.41. The Morgan fingerprint density at radius 3 is 2.58 bits per heavy atom. The van der Waals surface area contributed by atoms with Crippen molar-refractivity contribution in [2.24, 2.45) is 5.92 Å². The minimum Gasteiger partial charge on any atom is -0.497 e. The first-order valence-electron chi connectivity index (χ1n) is 11.3. The second-order valence-corrected chi connectivity index (χ2v) is 8.46. The summed E-state index contributed by atoms with van der Waals surface area (Å²) in [6, 6.07) is 19.1. The highest BCUT2D eigenvalue weighted by molar-refractivity contribution is 5.79. The summed E-state index contributed by atoms with van der Waals surface area (Å²) in [5.74, 6) is 0.809. The van der Waals surface area contributed by atoms with E-state index in [2.05, 4.69) is 15.3 Å². The van der Waals surface area contributed by atoms with Crippen LogP contribution >= 0.6 is 0 Å². The number of methoxy groups -OCH3 is 1. The van der Waals surface area contributed by atoms with Crippen LogP contribution in [0.4, 0.5) is 5.69 Å². The third-order valence-corrected chi connectivity index (χ3v) is 6.21. The highest BCUT2D eigenvalue weighted by Gasteiger charge is 2.26. The third-order valence-electron chi connectivity index (χ3n) is 6.21. The van der Waals surface area contributed by atoms with Crippen LogP contribution in [0.3, 0.4) is 0 Å². The Labute approximate surface area is 194 Å². The van der Waals surface area contributed by atoms with Crippen molar-refractivity contribution in [3.8, 4) is 5.75 Å². The minimum absolute atomic E-state index is 0.0410. The van der Waals surface area contributed by atoms with Gasteiger partial charge in [0.05, 0.1) is 31.6 Å². The maximum atomic E-state index is 12.8. The number of aromatic nitrogens is 2. The van der Waals surface area contributed by atoms with Gasteiger partial charge in [-0.2, -0.15) is 5.10 Å². The second-order valence-electron chi connectivity index (χ2n) is 8.46. The summed E-state index contributed by atoms with van der Waals surface area (Å²) < 4.78 is 6.75. The number of carbonyl (C=O) groups excluding carboxylic acids is 1. The first kappa shape index (κ1) is 22.6. The average Bonchev–Trinajstić information content (AvgIpc) is 2.86. The zero-order valence-corrected chi connectivity index (χ0v) is 19.1. The lowest BCUT2D eigenvalue weighted by molar-refractivity contribution is -0.126. The van der Waals surface area contributed by atoms with E-state index in [0.717, 1.165) is 48.5 Å². The molecule has 1 amide bonds. The molecule has 1 N–H and O–H groups in total. The fourth-order valence-corrected chi connectivity index (χ4v) is 4.20. The topological polar surface area (TPSA) is 76.5 Å². The zero-order chi connectivity index (χ0) is 23.2. The monoisotopic (exact) mass is 446 g/mol. The molecule has 7 heteroatoms. The van der Waals surface area contributed by atoms with Gasteiger partial charge in [0.25, 0.3) is 5.56 Å². The summed E-state index contributed by atoms with van der Waals surface area (Å²) in [7, 11) is 1.64. The molecule has 3 aromatic rings. The number of hydrogen-bond donors (Lipinski definition) is 1. The van der Waals surface area contributed by atoms with Gasteiger partial charge in [0.1, 0.15) is 5.75 Å². The molecule has 0 unspecified atom stereocenters. The normalized spacial score (nSPS) is 15.2. The maximum absolute atomic E-state index is 12.8. The molecule has 0 radical (unpaired) electrons. The summed E-state index contributed by atoms with van der Waals surface area (Å²) in [5, 5.41) is 7.50. The van der Waals surface area contributed by atoms with E-state index < -0.39 is 0 Å². The van der Waals surface area contributed by atoms with Crippen LogP contribution in [0, 0.1) is 5.92 Å². The van der Waals surface area contributed by atoms with Crippen LogP contribution in [-0.2, 0) is 11.3 Å². The quantitative estimate of drug-likeness (QED) is 0.602. The SMILES string of the molecule is COc1cccc([C@@H](C)NC(=O)C2CCN(c3cnn(Cc4ccccc4)c(=O)c3)CC2)c1. The molecule has 1 atom stereocenters. The largest absolute Gasteiger partial charge is 0.497 e. The Hall–Kier alpha value is -3.61. The standard InChI is InChI=1S/C26H30N4O3/c1-19(22-9-6-10-24(15-22)33-2)28-26(32)21-11-13-29(14-12-21)23-16-25(31)30(27-17-23)18-20-7-4-3-5-8-20/h3-10,15-17,19,21H,11-14,18H2,1-2H3,(H,28,32)/t19-/m1/s1. The van der Waals surface area contributed by atoms with Gasteiger partial charge in [-0.3, -0.25) is 9.59 Å². The molecule has 2 heterocycles. The summed E-state index contributed by atoms with van der Waals surface area (Å²) in [6.45, 7) is 3.87. The van der Waals surface area contributed by atoms with E-state index in [-0.39, 0.29) is 23.4 Å². The van der Waals surface area contributed by atoms with Gasteiger partial charge in [-0.05, 0) is 43.0 Å². The molecule has 172 valence electrons. The Morgan fingerprint density at radius 2 is 1.88 bits per heavy atom. The molecule has 0 spiro atoms. The molecule has 4 rings (SSSR count). The predicted octanol–water partition coefficient (Wildman–Crippen LogP) is 3.39. The van der Waals surface area contributed by atoms with Crippen molar-refractivity contribution >= 4 is 11.6 Å². The average molecular weight is 447 g/mol. The number of piperidine rings is 1. The van der Waals surface area contributed by atoms with Gasteiger partial charge in [0, 0.05) is 25.1 Å². The molecule has 1 aliphatic rings. The molecule has 1 fully saturated rings. The number of nitrogens with one attached hydrogen (secondary N) is 1. The zero-order valence-electron chi connectivity index (χ0n) is 19.1. The van der Waals surface area contributed by atoms with Gasteiger partial charge in [0.2, 0.25) is 5.91 Å². The van der Waals surface area contributed by atoms with Gasteiger partial charge >= 0.3 is 0 Å². The number of hydrogen-bond acceptors (Lipinski definition) is 5. The lowest BCUT2D eigenvalue weighted by Gasteiger charge is -2.33. The lowest BCUT2D eigenvalue weighted by atomic mass is 9.95. The molecule has 0 bridgehead atoms. The minimum atomic E-state index is -0.122. The number of anilines is 1. The second kappa shape index (κ2) is 10.3. The van der Waals surface area contributed by atoms with Crippen molar-refractivity contribution in [2.45, 2.75) is 32.4 Å². The molecule has 2 aromatic carbocycles. The van der Waals surface area contributed by atoms with Gasteiger partial charge in [-0.1, -0.05) is 42.5 Å². The molecule has 33 heavy (non-hydrogen) atoms. The van der Waals surface area contributed by atoms with Gasteiger partial charge in [-0.25, -0.2) is 4.68 Å². The van der Waals surface area contributed by atoms with Crippen molar-refractivity contribution in [2.75, 3.05) is 25.1 Å². The first-order chi connectivity index (χ1) is 16.0. The van der Waals surface area contributed by atoms with Crippen LogP contribution in [-0.4, -0.2) is 35.9 Å². The highest BCUT2D eigenvalue weighted by Crippen LogP contribution is 2.24. The Bertz CT molecular complexity index is 1140. The molecule has 0 aliphatic carbocycles. The van der Waals surface area contributed by atoms with Crippen LogP contribution in [0.1, 0.15) is 36.9 Å². The predicted molar refractivity (Wildman–Crippen MR) is 129 cm³/mol. The molecule has 1 saturated heterocycles. The Kier molecular flexibility index (Phi) is 7.07. The Balaban J connectivity index is 1.32. The summed E-state index contributed by atoms with van der Waals surface area (Å²) in [5.41, 5.74) is 2.74. The number of benzene rings is 2. The van der Waals surface area contributed by atoms with Gasteiger partial charge in [0.15, 0.2) is 0 Å². The van der Waals surface area contributed by atoms with E-state index in [0.29, 0.717) is 6.54 Å². The van der Waals surface area contributed by atoms with Gasteiger partial charge in [-0.15, -0.1) is 0 Å². The number of ether oxygens (including phenoxy) is 1. The summed E-state index contributed by atoms with van der Waals surface area (Å²) >= 11 is 0. The summed E-state index contributed by atoms with van der Waals surface area (Å²) in [6.07, 6.45) is 3.23. The smallest absolute Gasteiger partial charge is 0.269 e. The van der Waals surface area contributed by atoms with Crippen LogP contribution in [0.25, 0.3) is 0 Å². The van der Waals surface area contributed by atoms with Crippen LogP contribution in [0.2, 0.25) is 0 Å². The van der Waals surface area contributed by atoms with Crippen molar-refractivity contribution in [1.82, 2.24) is 15.1 Å². The van der Waals surface area contributed by atoms with E-state index in [1.54, 1.807) is 19.4 Å². The Morgan fingerprint density at radius 1 is 1.12 bits per heavy atom. The van der Waals surface area contributed by atoms with Crippen molar-refractivity contribution in [3.05, 3.63) is 88.3 Å². The number of rotatable bonds is 7. The third kappa shape index (κ3) is 5.61. The van der Waals surface area contributed by atoms with E-state index in [1.807, 2.05) is 61.5 Å². The van der Waals surface area contributed by atoms with Crippen LogP contribution in [0.15, 0.2) is 71.7 Å². The maximum Gasteiger partial charge on any atom is 0.269 e. The van der Waals surface area contributed by atoms with E-state index in [9.17, 15) is 9.59 Å². The molecule has 1 aromatic heterocycles. The van der Waals surface area contributed by atoms with Crippen LogP contribution < -0.4 is 20.5 Å². The fourth-order valence-electron chi connectivity index (χ4n) is 4.20. The molecular weight excluding hydrogens is 416 g/mol. The molecule has 0 saturated carbocycles. The summed E-state index contributed by atoms with van der Waals surface area (Å²) in [4.78, 5) is 27.5. The number of amides is 1. The molecular formula is C26H30N4O3. The first-order valence-corrected chi connectivity index (χ1v) is 11.3. The van der Waals surface area contributed by atoms with Crippen molar-refractivity contribution in [1.29, 1.82) is 0 Å². The number of nitrogens with zero attached hydrogens (tertiary/aromatic N) is 3.